The van der Waals surface area contributed by atoms with Gasteiger partial charge in [0.05, 0.1) is 13.7 Å². The summed E-state index contributed by atoms with van der Waals surface area (Å²) in [5.74, 6) is 0.906. The van der Waals surface area contributed by atoms with Crippen LogP contribution in [0.5, 0.6) is 5.75 Å². The first-order valence-electron chi connectivity index (χ1n) is 7.76. The topological polar surface area (TPSA) is 33.7 Å². The van der Waals surface area contributed by atoms with Crippen molar-refractivity contribution in [3.63, 3.8) is 0 Å². The summed E-state index contributed by atoms with van der Waals surface area (Å²) in [5.41, 5.74) is 1.26. The Kier molecular flexibility index (Phi) is 8.35. The molecular weight excluding hydrogens is 264 g/mol. The van der Waals surface area contributed by atoms with Gasteiger partial charge < -0.3 is 14.8 Å². The van der Waals surface area contributed by atoms with Gasteiger partial charge in [0.1, 0.15) is 5.75 Å². The molecule has 0 saturated carbocycles. The van der Waals surface area contributed by atoms with Gasteiger partial charge in [-0.25, -0.2) is 0 Å². The molecule has 0 saturated heterocycles. The van der Waals surface area contributed by atoms with Crippen LogP contribution in [0.15, 0.2) is 24.3 Å². The molecule has 0 aliphatic carbocycles. The summed E-state index contributed by atoms with van der Waals surface area (Å²) in [7, 11) is 3.47. The molecular formula is C17H30N2O2. The van der Waals surface area contributed by atoms with E-state index in [2.05, 4.69) is 43.1 Å². The maximum atomic E-state index is 5.34. The lowest BCUT2D eigenvalue weighted by Gasteiger charge is -2.32. The van der Waals surface area contributed by atoms with Crippen molar-refractivity contribution in [2.75, 3.05) is 40.5 Å². The number of nitrogens with one attached hydrogen (secondary N) is 1. The number of hydrogen-bond acceptors (Lipinski definition) is 4. The van der Waals surface area contributed by atoms with E-state index in [0.29, 0.717) is 12.1 Å². The van der Waals surface area contributed by atoms with Gasteiger partial charge in [-0.2, -0.15) is 0 Å². The predicted molar refractivity (Wildman–Crippen MR) is 88.0 cm³/mol. The molecule has 0 heterocycles. The zero-order valence-corrected chi connectivity index (χ0v) is 14.1. The number of nitrogens with zero attached hydrogens (tertiary/aromatic N) is 1. The number of likely N-dealkylation sites (N-methyl/N-ethyl adjacent to an activating group) is 2. The molecule has 0 bridgehead atoms. The first-order chi connectivity index (χ1) is 10.2. The molecule has 21 heavy (non-hydrogen) atoms. The van der Waals surface area contributed by atoms with E-state index in [4.69, 9.17) is 9.47 Å². The Morgan fingerprint density at radius 1 is 1.24 bits per heavy atom. The normalized spacial score (nSPS) is 14.2. The minimum absolute atomic E-state index is 0.296. The lowest BCUT2D eigenvalue weighted by Crippen LogP contribution is -2.42. The standard InChI is InChI=1S/C17H30N2O2/c1-6-18-17(12-19(7-2)14(3)13-20-4)15-9-8-10-16(11-15)21-5/h8-11,14,17-18H,6-7,12-13H2,1-5H3. The molecule has 0 aromatic heterocycles. The SMILES string of the molecule is CCNC(CN(CC)C(C)COC)c1cccc(OC)c1. The summed E-state index contributed by atoms with van der Waals surface area (Å²) in [6.07, 6.45) is 0. The third-order valence-electron chi connectivity index (χ3n) is 3.80. The zero-order valence-electron chi connectivity index (χ0n) is 14.1. The Bertz CT molecular complexity index is 398. The highest BCUT2D eigenvalue weighted by Crippen LogP contribution is 2.20. The van der Waals surface area contributed by atoms with E-state index < -0.39 is 0 Å². The summed E-state index contributed by atoms with van der Waals surface area (Å²) < 4.78 is 10.6. The molecule has 2 unspecified atom stereocenters. The van der Waals surface area contributed by atoms with Crippen molar-refractivity contribution in [2.45, 2.75) is 32.9 Å². The molecule has 4 heteroatoms. The van der Waals surface area contributed by atoms with Crippen molar-refractivity contribution in [2.24, 2.45) is 0 Å². The lowest BCUT2D eigenvalue weighted by atomic mass is 10.0. The third-order valence-corrected chi connectivity index (χ3v) is 3.80. The predicted octanol–water partition coefficient (Wildman–Crippen LogP) is 2.70. The highest BCUT2D eigenvalue weighted by atomic mass is 16.5. The van der Waals surface area contributed by atoms with Gasteiger partial charge in [-0.1, -0.05) is 26.0 Å². The van der Waals surface area contributed by atoms with E-state index in [-0.39, 0.29) is 0 Å². The maximum Gasteiger partial charge on any atom is 0.119 e. The summed E-state index contributed by atoms with van der Waals surface area (Å²) in [4.78, 5) is 2.44. The fraction of sp³-hybridized carbons (Fsp3) is 0.647. The van der Waals surface area contributed by atoms with Gasteiger partial charge in [-0.3, -0.25) is 4.90 Å². The summed E-state index contributed by atoms with van der Waals surface area (Å²) in [5, 5.41) is 3.57. The van der Waals surface area contributed by atoms with Crippen LogP contribution >= 0.6 is 0 Å². The zero-order chi connectivity index (χ0) is 15.7. The van der Waals surface area contributed by atoms with Crippen molar-refractivity contribution >= 4 is 0 Å². The lowest BCUT2D eigenvalue weighted by molar-refractivity contribution is 0.0957. The fourth-order valence-corrected chi connectivity index (χ4v) is 2.59. The molecule has 0 radical (unpaired) electrons. The van der Waals surface area contributed by atoms with Crippen molar-refractivity contribution in [3.8, 4) is 5.75 Å². The van der Waals surface area contributed by atoms with E-state index in [1.165, 1.54) is 5.56 Å². The van der Waals surface area contributed by atoms with E-state index in [0.717, 1.165) is 32.0 Å². The second-order valence-corrected chi connectivity index (χ2v) is 5.28. The number of methoxy groups -OCH3 is 2. The van der Waals surface area contributed by atoms with Crippen molar-refractivity contribution < 1.29 is 9.47 Å². The molecule has 0 amide bonds. The highest BCUT2D eigenvalue weighted by Gasteiger charge is 2.19. The molecule has 1 aromatic carbocycles. The highest BCUT2D eigenvalue weighted by molar-refractivity contribution is 5.30. The minimum Gasteiger partial charge on any atom is -0.497 e. The Morgan fingerprint density at radius 2 is 2.00 bits per heavy atom. The first kappa shape index (κ1) is 18.0. The summed E-state index contributed by atoms with van der Waals surface area (Å²) >= 11 is 0. The average molecular weight is 294 g/mol. The van der Waals surface area contributed by atoms with E-state index in [1.54, 1.807) is 14.2 Å². The van der Waals surface area contributed by atoms with Gasteiger partial charge in [-0.15, -0.1) is 0 Å². The largest absolute Gasteiger partial charge is 0.497 e. The minimum atomic E-state index is 0.296. The van der Waals surface area contributed by atoms with Crippen LogP contribution in [0.4, 0.5) is 0 Å². The first-order valence-corrected chi connectivity index (χ1v) is 7.76. The second kappa shape index (κ2) is 9.77. The molecule has 4 nitrogen and oxygen atoms in total. The van der Waals surface area contributed by atoms with Gasteiger partial charge in [0.2, 0.25) is 0 Å². The van der Waals surface area contributed by atoms with Crippen molar-refractivity contribution in [3.05, 3.63) is 29.8 Å². The molecule has 1 rings (SSSR count). The molecule has 120 valence electrons. The van der Waals surface area contributed by atoms with Crippen molar-refractivity contribution in [1.82, 2.24) is 10.2 Å². The number of hydrogen-bond donors (Lipinski definition) is 1. The average Bonchev–Trinajstić information content (AvgIpc) is 2.51. The Labute approximate surface area is 129 Å². The van der Waals surface area contributed by atoms with Crippen LogP contribution in [-0.4, -0.2) is 51.4 Å². The van der Waals surface area contributed by atoms with E-state index in [1.807, 2.05) is 12.1 Å². The molecule has 2 atom stereocenters. The summed E-state index contributed by atoms with van der Waals surface area (Å²) in [6.45, 7) is 10.2. The Balaban J connectivity index is 2.84. The maximum absolute atomic E-state index is 5.34. The monoisotopic (exact) mass is 294 g/mol. The number of rotatable bonds is 10. The Hall–Kier alpha value is -1.10. The summed E-state index contributed by atoms with van der Waals surface area (Å²) in [6, 6.07) is 9.01. The van der Waals surface area contributed by atoms with Gasteiger partial charge >= 0.3 is 0 Å². The molecule has 0 aliphatic rings. The van der Waals surface area contributed by atoms with Crippen LogP contribution in [0, 0.1) is 0 Å². The van der Waals surface area contributed by atoms with Gasteiger partial charge in [0.15, 0.2) is 0 Å². The molecule has 0 spiro atoms. The van der Waals surface area contributed by atoms with E-state index >= 15 is 0 Å². The number of benzene rings is 1. The van der Waals surface area contributed by atoms with Crippen LogP contribution in [-0.2, 0) is 4.74 Å². The van der Waals surface area contributed by atoms with Crippen LogP contribution in [0.25, 0.3) is 0 Å². The number of ether oxygens (including phenoxy) is 2. The van der Waals surface area contributed by atoms with Gasteiger partial charge in [-0.05, 0) is 37.7 Å². The van der Waals surface area contributed by atoms with Gasteiger partial charge in [0.25, 0.3) is 0 Å². The van der Waals surface area contributed by atoms with Crippen LogP contribution < -0.4 is 10.1 Å². The smallest absolute Gasteiger partial charge is 0.119 e. The second-order valence-electron chi connectivity index (χ2n) is 5.28. The molecule has 1 aromatic rings. The molecule has 1 N–H and O–H groups in total. The Morgan fingerprint density at radius 3 is 2.57 bits per heavy atom. The van der Waals surface area contributed by atoms with Crippen LogP contribution in [0.1, 0.15) is 32.4 Å². The van der Waals surface area contributed by atoms with Gasteiger partial charge in [0, 0.05) is 25.7 Å². The quantitative estimate of drug-likeness (QED) is 0.719. The van der Waals surface area contributed by atoms with Crippen molar-refractivity contribution in [1.29, 1.82) is 0 Å². The van der Waals surface area contributed by atoms with E-state index in [9.17, 15) is 0 Å². The fourth-order valence-electron chi connectivity index (χ4n) is 2.59. The third kappa shape index (κ3) is 5.65. The van der Waals surface area contributed by atoms with Crippen LogP contribution in [0.3, 0.4) is 0 Å². The molecule has 0 fully saturated rings. The molecule has 0 aliphatic heterocycles. The van der Waals surface area contributed by atoms with Crippen LogP contribution in [0.2, 0.25) is 0 Å².